The van der Waals surface area contributed by atoms with Crippen LogP contribution in [0.15, 0.2) is 6.07 Å². The third kappa shape index (κ3) is 3.83. The summed E-state index contributed by atoms with van der Waals surface area (Å²) >= 11 is 0. The van der Waals surface area contributed by atoms with E-state index in [1.807, 2.05) is 13.8 Å². The molecule has 0 aromatic carbocycles. The highest BCUT2D eigenvalue weighted by Crippen LogP contribution is 2.20. The number of hydrogen-bond acceptors (Lipinski definition) is 3. The third-order valence-electron chi connectivity index (χ3n) is 2.67. The van der Waals surface area contributed by atoms with Gasteiger partial charge in [0, 0.05) is 12.5 Å². The molecule has 0 radical (unpaired) electrons. The Labute approximate surface area is 104 Å². The molecule has 1 heterocycles. The van der Waals surface area contributed by atoms with Crippen LogP contribution >= 0.6 is 0 Å². The Morgan fingerprint density at radius 1 is 1.35 bits per heavy atom. The number of rotatable bonds is 5. The van der Waals surface area contributed by atoms with Crippen molar-refractivity contribution in [3.05, 3.63) is 23.0 Å². The van der Waals surface area contributed by atoms with Crippen molar-refractivity contribution >= 4 is 0 Å². The van der Waals surface area contributed by atoms with E-state index in [-0.39, 0.29) is 6.04 Å². The normalized spacial score (nSPS) is 11.8. The van der Waals surface area contributed by atoms with Gasteiger partial charge >= 0.3 is 0 Å². The second-order valence-electron chi connectivity index (χ2n) is 3.98. The molecule has 3 heteroatoms. The van der Waals surface area contributed by atoms with Crippen LogP contribution in [0.25, 0.3) is 0 Å². The van der Waals surface area contributed by atoms with Crippen LogP contribution < -0.4 is 5.32 Å². The molecule has 0 saturated heterocycles. The fourth-order valence-electron chi connectivity index (χ4n) is 1.85. The maximum Gasteiger partial charge on any atom is 0.0676 e. The van der Waals surface area contributed by atoms with Gasteiger partial charge in [-0.3, -0.25) is 0 Å². The lowest BCUT2D eigenvalue weighted by atomic mass is 10.0. The Bertz CT molecular complexity index is 415. The smallest absolute Gasteiger partial charge is 0.0676 e. The van der Waals surface area contributed by atoms with Crippen LogP contribution in [-0.4, -0.2) is 16.7 Å². The molecule has 92 valence electrons. The van der Waals surface area contributed by atoms with Gasteiger partial charge in [0.25, 0.3) is 0 Å². The molecule has 0 aliphatic carbocycles. The van der Waals surface area contributed by atoms with Crippen LogP contribution in [0.4, 0.5) is 0 Å². The zero-order valence-electron chi connectivity index (χ0n) is 11.2. The predicted molar refractivity (Wildman–Crippen MR) is 70.6 cm³/mol. The van der Waals surface area contributed by atoms with Gasteiger partial charge in [0.05, 0.1) is 11.4 Å². The quantitative estimate of drug-likeness (QED) is 0.791. The first-order chi connectivity index (χ1) is 8.22. The number of aromatic nitrogens is 2. The van der Waals surface area contributed by atoms with E-state index in [9.17, 15) is 0 Å². The average molecular weight is 231 g/mol. The van der Waals surface area contributed by atoms with Crippen molar-refractivity contribution in [2.75, 3.05) is 6.54 Å². The Balaban J connectivity index is 3.04. The lowest BCUT2D eigenvalue weighted by molar-refractivity contribution is 0.554. The second-order valence-corrected chi connectivity index (χ2v) is 3.98. The molecule has 1 aromatic rings. The van der Waals surface area contributed by atoms with E-state index >= 15 is 0 Å². The van der Waals surface area contributed by atoms with Gasteiger partial charge in [-0.2, -0.15) is 10.2 Å². The predicted octanol–water partition coefficient (Wildman–Crippen LogP) is 2.41. The average Bonchev–Trinajstić information content (AvgIpc) is 2.34. The largest absolute Gasteiger partial charge is 0.309 e. The molecule has 3 nitrogen and oxygen atoms in total. The van der Waals surface area contributed by atoms with E-state index in [4.69, 9.17) is 0 Å². The van der Waals surface area contributed by atoms with Crippen LogP contribution in [0.1, 0.15) is 50.2 Å². The van der Waals surface area contributed by atoms with Crippen molar-refractivity contribution in [3.63, 3.8) is 0 Å². The van der Waals surface area contributed by atoms with Crippen LogP contribution in [-0.2, 0) is 6.42 Å². The second kappa shape index (κ2) is 7.03. The molecule has 17 heavy (non-hydrogen) atoms. The van der Waals surface area contributed by atoms with Gasteiger partial charge in [0.2, 0.25) is 0 Å². The van der Waals surface area contributed by atoms with Gasteiger partial charge in [-0.15, -0.1) is 11.8 Å². The number of hydrogen-bond donors (Lipinski definition) is 1. The Morgan fingerprint density at radius 3 is 2.71 bits per heavy atom. The van der Waals surface area contributed by atoms with Crippen molar-refractivity contribution in [2.45, 2.75) is 46.6 Å². The fourth-order valence-corrected chi connectivity index (χ4v) is 1.85. The monoisotopic (exact) mass is 231 g/mol. The summed E-state index contributed by atoms with van der Waals surface area (Å²) in [5.41, 5.74) is 3.27. The SMILES string of the molecule is CC#CCC(NCC)c1cc(C)nnc1CC. The third-order valence-corrected chi connectivity index (χ3v) is 2.67. The summed E-state index contributed by atoms with van der Waals surface area (Å²) in [7, 11) is 0. The lowest BCUT2D eigenvalue weighted by Gasteiger charge is -2.18. The van der Waals surface area contributed by atoms with Crippen LogP contribution in [0.5, 0.6) is 0 Å². The maximum atomic E-state index is 4.27. The topological polar surface area (TPSA) is 37.8 Å². The summed E-state index contributed by atoms with van der Waals surface area (Å²) in [5.74, 6) is 6.09. The van der Waals surface area contributed by atoms with Crippen LogP contribution in [0.3, 0.4) is 0 Å². The van der Waals surface area contributed by atoms with Crippen molar-refractivity contribution in [2.24, 2.45) is 0 Å². The minimum Gasteiger partial charge on any atom is -0.309 e. The van der Waals surface area contributed by atoms with Gasteiger partial charge in [-0.25, -0.2) is 0 Å². The molecule has 0 aliphatic heterocycles. The molecular formula is C14H21N3. The Morgan fingerprint density at radius 2 is 2.12 bits per heavy atom. The highest BCUT2D eigenvalue weighted by molar-refractivity contribution is 5.26. The molecule has 0 amide bonds. The first-order valence-corrected chi connectivity index (χ1v) is 6.19. The van der Waals surface area contributed by atoms with E-state index in [2.05, 4.69) is 47.3 Å². The minimum atomic E-state index is 0.261. The molecule has 0 fully saturated rings. The molecule has 0 spiro atoms. The number of aryl methyl sites for hydroxylation is 2. The summed E-state index contributed by atoms with van der Waals surface area (Å²) < 4.78 is 0. The highest BCUT2D eigenvalue weighted by Gasteiger charge is 2.14. The van der Waals surface area contributed by atoms with Gasteiger partial charge in [0.1, 0.15) is 0 Å². The minimum absolute atomic E-state index is 0.261. The first kappa shape index (κ1) is 13.7. The zero-order valence-corrected chi connectivity index (χ0v) is 11.2. The van der Waals surface area contributed by atoms with Crippen LogP contribution in [0, 0.1) is 18.8 Å². The van der Waals surface area contributed by atoms with Gasteiger partial charge < -0.3 is 5.32 Å². The van der Waals surface area contributed by atoms with E-state index in [0.29, 0.717) is 0 Å². The van der Waals surface area contributed by atoms with Gasteiger partial charge in [-0.05, 0) is 38.4 Å². The summed E-state index contributed by atoms with van der Waals surface area (Å²) in [6.45, 7) is 9.00. The molecular weight excluding hydrogens is 210 g/mol. The van der Waals surface area contributed by atoms with Crippen LogP contribution in [0.2, 0.25) is 0 Å². The molecule has 0 saturated carbocycles. The summed E-state index contributed by atoms with van der Waals surface area (Å²) in [6.07, 6.45) is 1.73. The maximum absolute atomic E-state index is 4.27. The van der Waals surface area contributed by atoms with Gasteiger partial charge in [0.15, 0.2) is 0 Å². The number of nitrogens with zero attached hydrogens (tertiary/aromatic N) is 2. The molecule has 1 atom stereocenters. The lowest BCUT2D eigenvalue weighted by Crippen LogP contribution is -2.22. The van der Waals surface area contributed by atoms with Crippen molar-refractivity contribution in [1.82, 2.24) is 15.5 Å². The summed E-state index contributed by atoms with van der Waals surface area (Å²) in [5, 5.41) is 11.9. The molecule has 0 aliphatic rings. The van der Waals surface area contributed by atoms with Crippen molar-refractivity contribution < 1.29 is 0 Å². The summed E-state index contributed by atoms with van der Waals surface area (Å²) in [4.78, 5) is 0. The zero-order chi connectivity index (χ0) is 12.7. The number of nitrogens with one attached hydrogen (secondary N) is 1. The Kier molecular flexibility index (Phi) is 5.65. The molecule has 1 rings (SSSR count). The highest BCUT2D eigenvalue weighted by atomic mass is 15.1. The molecule has 1 aromatic heterocycles. The van der Waals surface area contributed by atoms with E-state index in [1.165, 1.54) is 5.56 Å². The summed E-state index contributed by atoms with van der Waals surface area (Å²) in [6, 6.07) is 2.38. The molecule has 1 N–H and O–H groups in total. The fraction of sp³-hybridized carbons (Fsp3) is 0.571. The standard InChI is InChI=1S/C14H21N3/c1-5-8-9-14(15-7-3)12-10-11(4)16-17-13(12)6-2/h10,14-15H,6-7,9H2,1-4H3. The molecule has 1 unspecified atom stereocenters. The van der Waals surface area contributed by atoms with E-state index in [0.717, 1.165) is 30.8 Å². The molecule has 0 bridgehead atoms. The van der Waals surface area contributed by atoms with Crippen molar-refractivity contribution in [3.8, 4) is 11.8 Å². The van der Waals surface area contributed by atoms with Gasteiger partial charge in [-0.1, -0.05) is 13.8 Å². The van der Waals surface area contributed by atoms with E-state index < -0.39 is 0 Å². The van der Waals surface area contributed by atoms with Crippen molar-refractivity contribution in [1.29, 1.82) is 0 Å². The van der Waals surface area contributed by atoms with E-state index in [1.54, 1.807) is 0 Å². The first-order valence-electron chi connectivity index (χ1n) is 6.19. The Hall–Kier alpha value is -1.40.